The number of Topliss-reactive ketones (excluding diaryl/α,β-unsaturated/α-hetero) is 1. The van der Waals surface area contributed by atoms with E-state index in [1.54, 1.807) is 0 Å². The number of aryl methyl sites for hydroxylation is 1. The van der Waals surface area contributed by atoms with Crippen LogP contribution in [0.3, 0.4) is 0 Å². The van der Waals surface area contributed by atoms with Crippen molar-refractivity contribution >= 4 is 15.8 Å². The minimum Gasteiger partial charge on any atom is -0.388 e. The largest absolute Gasteiger partial charge is 0.388 e. The Morgan fingerprint density at radius 2 is 1.76 bits per heavy atom. The van der Waals surface area contributed by atoms with Crippen molar-refractivity contribution in [1.82, 2.24) is 4.72 Å². The van der Waals surface area contributed by atoms with Crippen LogP contribution in [0.5, 0.6) is 0 Å². The first-order chi connectivity index (χ1) is 11.8. The number of carbonyl (C=O) groups excluding carboxylic acids is 1. The second-order valence-electron chi connectivity index (χ2n) is 6.57. The maximum absolute atomic E-state index is 12.4. The van der Waals surface area contributed by atoms with E-state index in [4.69, 9.17) is 0 Å². The normalized spacial score (nSPS) is 20.1. The number of hydrogen-bond acceptors (Lipinski definition) is 4. The van der Waals surface area contributed by atoms with Crippen LogP contribution >= 0.6 is 0 Å². The monoisotopic (exact) mass is 359 g/mol. The van der Waals surface area contributed by atoms with E-state index < -0.39 is 15.6 Å². The first kappa shape index (κ1) is 17.8. The molecule has 0 saturated carbocycles. The van der Waals surface area contributed by atoms with Gasteiger partial charge in [-0.25, -0.2) is 13.1 Å². The van der Waals surface area contributed by atoms with Gasteiger partial charge in [-0.3, -0.25) is 4.79 Å². The number of ketones is 1. The van der Waals surface area contributed by atoms with Gasteiger partial charge in [0.05, 0.1) is 10.5 Å². The van der Waals surface area contributed by atoms with Crippen molar-refractivity contribution in [2.75, 3.05) is 6.54 Å². The lowest BCUT2D eigenvalue weighted by molar-refractivity contribution is 0.0317. The van der Waals surface area contributed by atoms with Gasteiger partial charge in [0.1, 0.15) is 0 Å². The summed E-state index contributed by atoms with van der Waals surface area (Å²) in [6.45, 7) is 1.39. The molecule has 3 rings (SSSR count). The Labute approximate surface area is 147 Å². The van der Waals surface area contributed by atoms with Crippen molar-refractivity contribution in [3.63, 3.8) is 0 Å². The number of fused-ring (bicyclic) bond motifs is 1. The molecule has 0 fully saturated rings. The summed E-state index contributed by atoms with van der Waals surface area (Å²) in [6, 6.07) is 13.7. The third-order valence-electron chi connectivity index (χ3n) is 4.66. The van der Waals surface area contributed by atoms with Gasteiger partial charge in [-0.15, -0.1) is 0 Å². The van der Waals surface area contributed by atoms with Crippen LogP contribution in [0, 0.1) is 0 Å². The van der Waals surface area contributed by atoms with Crippen molar-refractivity contribution < 1.29 is 18.3 Å². The number of benzene rings is 2. The van der Waals surface area contributed by atoms with E-state index in [1.807, 2.05) is 24.3 Å². The zero-order valence-electron chi connectivity index (χ0n) is 14.0. The molecule has 6 heteroatoms. The number of hydrogen-bond donors (Lipinski definition) is 2. The fourth-order valence-electron chi connectivity index (χ4n) is 3.12. The van der Waals surface area contributed by atoms with E-state index >= 15 is 0 Å². The van der Waals surface area contributed by atoms with Gasteiger partial charge < -0.3 is 5.11 Å². The Morgan fingerprint density at radius 3 is 2.40 bits per heavy atom. The summed E-state index contributed by atoms with van der Waals surface area (Å²) in [5, 5.41) is 10.8. The predicted molar refractivity (Wildman–Crippen MR) is 95.1 cm³/mol. The summed E-state index contributed by atoms with van der Waals surface area (Å²) in [4.78, 5) is 11.4. The van der Waals surface area contributed by atoms with Gasteiger partial charge in [0.25, 0.3) is 0 Å². The Morgan fingerprint density at radius 1 is 1.12 bits per heavy atom. The number of aliphatic hydroxyl groups is 1. The molecule has 2 aromatic carbocycles. The van der Waals surface area contributed by atoms with Gasteiger partial charge in [-0.1, -0.05) is 36.4 Å². The summed E-state index contributed by atoms with van der Waals surface area (Å²) in [5.41, 5.74) is 1.62. The molecule has 0 radical (unpaired) electrons. The van der Waals surface area contributed by atoms with E-state index in [0.29, 0.717) is 18.4 Å². The summed E-state index contributed by atoms with van der Waals surface area (Å²) in [5.74, 6) is -0.118. The van der Waals surface area contributed by atoms with Gasteiger partial charge in [-0.2, -0.15) is 0 Å². The average Bonchev–Trinajstić information content (AvgIpc) is 2.60. The number of nitrogens with one attached hydrogen (secondary N) is 1. The van der Waals surface area contributed by atoms with Gasteiger partial charge >= 0.3 is 0 Å². The lowest BCUT2D eigenvalue weighted by Crippen LogP contribution is -2.46. The highest BCUT2D eigenvalue weighted by atomic mass is 32.2. The van der Waals surface area contributed by atoms with E-state index in [9.17, 15) is 18.3 Å². The Balaban J connectivity index is 1.71. The van der Waals surface area contributed by atoms with E-state index in [-0.39, 0.29) is 17.2 Å². The molecule has 0 saturated heterocycles. The molecular formula is C19H21NO4S. The molecule has 0 amide bonds. The smallest absolute Gasteiger partial charge is 0.240 e. The predicted octanol–water partition coefficient (Wildman–Crippen LogP) is 2.09. The van der Waals surface area contributed by atoms with E-state index in [0.717, 1.165) is 12.0 Å². The molecule has 0 aromatic heterocycles. The van der Waals surface area contributed by atoms with E-state index in [1.165, 1.54) is 36.8 Å². The second-order valence-corrected chi connectivity index (χ2v) is 8.34. The molecule has 25 heavy (non-hydrogen) atoms. The van der Waals surface area contributed by atoms with Gasteiger partial charge in [0.15, 0.2) is 5.78 Å². The Bertz CT molecular complexity index is 890. The van der Waals surface area contributed by atoms with E-state index in [2.05, 4.69) is 4.72 Å². The van der Waals surface area contributed by atoms with Gasteiger partial charge in [-0.05, 0) is 43.0 Å². The summed E-state index contributed by atoms with van der Waals surface area (Å²) in [6.07, 6.45) is 1.66. The second kappa shape index (κ2) is 6.71. The molecule has 2 N–H and O–H groups in total. The van der Waals surface area contributed by atoms with Crippen molar-refractivity contribution in [3.8, 4) is 0 Å². The molecule has 132 valence electrons. The molecule has 1 unspecified atom stereocenters. The third kappa shape index (κ3) is 3.98. The van der Waals surface area contributed by atoms with Crippen molar-refractivity contribution in [2.24, 2.45) is 0 Å². The van der Waals surface area contributed by atoms with Crippen molar-refractivity contribution in [1.29, 1.82) is 0 Å². The van der Waals surface area contributed by atoms with Crippen LogP contribution in [-0.4, -0.2) is 31.5 Å². The first-order valence-electron chi connectivity index (χ1n) is 8.19. The lowest BCUT2D eigenvalue weighted by atomic mass is 9.80. The standard InChI is InChI=1S/C19H21NO4S/c1-14(21)15-6-8-18(9-7-15)25(23,24)20-13-19(22)11-10-16-4-2-3-5-17(16)12-19/h2-9,20,22H,10-13H2,1H3. The molecule has 0 spiro atoms. The molecule has 0 heterocycles. The first-order valence-corrected chi connectivity index (χ1v) is 9.67. The maximum atomic E-state index is 12.4. The molecule has 1 aliphatic carbocycles. The van der Waals surface area contributed by atoms with Crippen molar-refractivity contribution in [2.45, 2.75) is 36.7 Å². The lowest BCUT2D eigenvalue weighted by Gasteiger charge is -2.33. The van der Waals surface area contributed by atoms with Crippen molar-refractivity contribution in [3.05, 3.63) is 65.2 Å². The molecule has 0 bridgehead atoms. The van der Waals surface area contributed by atoms with Crippen LogP contribution in [0.15, 0.2) is 53.4 Å². The molecule has 0 aliphatic heterocycles. The number of carbonyl (C=O) groups is 1. The van der Waals surface area contributed by atoms with Crippen LogP contribution in [-0.2, 0) is 22.9 Å². The number of sulfonamides is 1. The molecule has 2 aromatic rings. The summed E-state index contributed by atoms with van der Waals surface area (Å²) < 4.78 is 27.4. The van der Waals surface area contributed by atoms with Gasteiger partial charge in [0.2, 0.25) is 10.0 Å². The highest BCUT2D eigenvalue weighted by Crippen LogP contribution is 2.28. The quantitative estimate of drug-likeness (QED) is 0.801. The highest BCUT2D eigenvalue weighted by molar-refractivity contribution is 7.89. The molecular weight excluding hydrogens is 338 g/mol. The molecule has 5 nitrogen and oxygen atoms in total. The SMILES string of the molecule is CC(=O)c1ccc(S(=O)(=O)NCC2(O)CCc3ccccc3C2)cc1. The third-order valence-corrected chi connectivity index (χ3v) is 6.08. The fourth-order valence-corrected chi connectivity index (χ4v) is 4.24. The maximum Gasteiger partial charge on any atom is 0.240 e. The summed E-state index contributed by atoms with van der Waals surface area (Å²) in [7, 11) is -3.74. The van der Waals surface area contributed by atoms with Crippen LogP contribution in [0.4, 0.5) is 0 Å². The van der Waals surface area contributed by atoms with Crippen LogP contribution < -0.4 is 4.72 Å². The summed E-state index contributed by atoms with van der Waals surface area (Å²) >= 11 is 0. The topological polar surface area (TPSA) is 83.5 Å². The number of rotatable bonds is 5. The fraction of sp³-hybridized carbons (Fsp3) is 0.316. The minimum absolute atomic E-state index is 0.0435. The Hall–Kier alpha value is -2.02. The van der Waals surface area contributed by atoms with Gasteiger partial charge in [0, 0.05) is 18.5 Å². The van der Waals surface area contributed by atoms with Crippen LogP contribution in [0.25, 0.3) is 0 Å². The molecule has 1 aliphatic rings. The zero-order valence-corrected chi connectivity index (χ0v) is 14.8. The molecule has 1 atom stereocenters. The zero-order chi connectivity index (χ0) is 18.1. The van der Waals surface area contributed by atoms with Crippen LogP contribution in [0.2, 0.25) is 0 Å². The minimum atomic E-state index is -3.74. The Kier molecular flexibility index (Phi) is 4.77. The average molecular weight is 359 g/mol. The van der Waals surface area contributed by atoms with Crippen LogP contribution in [0.1, 0.15) is 34.8 Å². The highest BCUT2D eigenvalue weighted by Gasteiger charge is 2.33.